The van der Waals surface area contributed by atoms with Gasteiger partial charge in [0.2, 0.25) is 5.95 Å². The SMILES string of the molecule is Cn1c(N2CC(n3cc(C#N)cn3)C2)nc2cnccc2c1=O. The third-order valence-corrected chi connectivity index (χ3v) is 4.11. The summed E-state index contributed by atoms with van der Waals surface area (Å²) in [5.41, 5.74) is 1.06. The fraction of sp³-hybridized carbons (Fsp3) is 0.267. The van der Waals surface area contributed by atoms with Crippen LogP contribution in [0.4, 0.5) is 5.95 Å². The molecule has 0 aliphatic carbocycles. The predicted molar refractivity (Wildman–Crippen MR) is 83.0 cm³/mol. The maximum absolute atomic E-state index is 12.4. The summed E-state index contributed by atoms with van der Waals surface area (Å²) < 4.78 is 3.35. The number of fused-ring (bicyclic) bond motifs is 1. The van der Waals surface area contributed by atoms with Gasteiger partial charge < -0.3 is 4.90 Å². The second-order valence-corrected chi connectivity index (χ2v) is 5.55. The van der Waals surface area contributed by atoms with Crippen molar-refractivity contribution in [3.63, 3.8) is 0 Å². The predicted octanol–water partition coefficient (Wildman–Crippen LogP) is 0.458. The summed E-state index contributed by atoms with van der Waals surface area (Å²) in [4.78, 5) is 23.0. The number of anilines is 1. The van der Waals surface area contributed by atoms with Crippen molar-refractivity contribution in [3.8, 4) is 6.07 Å². The van der Waals surface area contributed by atoms with Gasteiger partial charge in [-0.05, 0) is 6.07 Å². The van der Waals surface area contributed by atoms with Crippen LogP contribution in [-0.2, 0) is 7.05 Å². The van der Waals surface area contributed by atoms with Gasteiger partial charge in [0.15, 0.2) is 0 Å². The number of nitriles is 1. The first kappa shape index (κ1) is 13.5. The summed E-state index contributed by atoms with van der Waals surface area (Å²) in [6.45, 7) is 1.39. The molecule has 0 bridgehead atoms. The molecule has 0 radical (unpaired) electrons. The smallest absolute Gasteiger partial charge is 0.262 e. The molecule has 1 fully saturated rings. The molecule has 114 valence electrons. The van der Waals surface area contributed by atoms with Crippen molar-refractivity contribution in [3.05, 3.63) is 46.8 Å². The molecule has 0 unspecified atom stereocenters. The molecular weight excluding hydrogens is 294 g/mol. The molecule has 8 nitrogen and oxygen atoms in total. The Kier molecular flexibility index (Phi) is 2.87. The Hall–Kier alpha value is -3.21. The maximum Gasteiger partial charge on any atom is 0.262 e. The Labute approximate surface area is 131 Å². The molecular formula is C15H13N7O. The molecule has 23 heavy (non-hydrogen) atoms. The Morgan fingerprint density at radius 3 is 2.91 bits per heavy atom. The van der Waals surface area contributed by atoms with Gasteiger partial charge in [-0.2, -0.15) is 10.4 Å². The van der Waals surface area contributed by atoms with E-state index in [1.54, 1.807) is 47.2 Å². The minimum Gasteiger partial charge on any atom is -0.338 e. The second-order valence-electron chi connectivity index (χ2n) is 5.55. The molecule has 0 aromatic carbocycles. The van der Waals surface area contributed by atoms with Crippen LogP contribution in [-0.4, -0.2) is 37.4 Å². The van der Waals surface area contributed by atoms with Gasteiger partial charge in [0.1, 0.15) is 6.07 Å². The van der Waals surface area contributed by atoms with Gasteiger partial charge in [0.25, 0.3) is 5.56 Å². The minimum atomic E-state index is -0.0818. The van der Waals surface area contributed by atoms with Gasteiger partial charge in [-0.1, -0.05) is 0 Å². The van der Waals surface area contributed by atoms with Crippen molar-refractivity contribution in [2.24, 2.45) is 7.05 Å². The Morgan fingerprint density at radius 2 is 2.17 bits per heavy atom. The minimum absolute atomic E-state index is 0.0818. The zero-order valence-corrected chi connectivity index (χ0v) is 12.4. The summed E-state index contributed by atoms with van der Waals surface area (Å²) in [5.74, 6) is 0.624. The lowest BCUT2D eigenvalue weighted by atomic mass is 10.1. The Morgan fingerprint density at radius 1 is 1.35 bits per heavy atom. The number of rotatable bonds is 2. The van der Waals surface area contributed by atoms with Gasteiger partial charge in [-0.25, -0.2) is 4.98 Å². The molecule has 1 aliphatic rings. The highest BCUT2D eigenvalue weighted by atomic mass is 16.1. The van der Waals surface area contributed by atoms with Gasteiger partial charge in [0, 0.05) is 32.5 Å². The molecule has 8 heteroatoms. The normalized spacial score (nSPS) is 14.7. The summed E-state index contributed by atoms with van der Waals surface area (Å²) in [6.07, 6.45) is 6.48. The number of hydrogen-bond acceptors (Lipinski definition) is 6. The Balaban J connectivity index is 1.63. The summed E-state index contributed by atoms with van der Waals surface area (Å²) >= 11 is 0. The van der Waals surface area contributed by atoms with Crippen LogP contribution in [0.25, 0.3) is 10.9 Å². The fourth-order valence-electron chi connectivity index (χ4n) is 2.77. The van der Waals surface area contributed by atoms with Crippen LogP contribution in [0.2, 0.25) is 0 Å². The topological polar surface area (TPSA) is 92.6 Å². The Bertz CT molecular complexity index is 991. The lowest BCUT2D eigenvalue weighted by molar-refractivity contribution is 0.360. The van der Waals surface area contributed by atoms with E-state index in [4.69, 9.17) is 5.26 Å². The third-order valence-electron chi connectivity index (χ3n) is 4.11. The summed E-state index contributed by atoms with van der Waals surface area (Å²) in [7, 11) is 1.72. The lowest BCUT2D eigenvalue weighted by Gasteiger charge is -2.40. The van der Waals surface area contributed by atoms with Crippen LogP contribution in [0.15, 0.2) is 35.6 Å². The first-order valence-corrected chi connectivity index (χ1v) is 7.17. The first-order chi connectivity index (χ1) is 11.2. The standard InChI is InChI=1S/C15H13N7O/c1-20-14(23)12-2-3-17-6-13(12)19-15(20)21-8-11(9-21)22-7-10(4-16)5-18-22/h2-3,5-7,11H,8-9H2,1H3. The molecule has 3 aromatic heterocycles. The van der Waals surface area contributed by atoms with Gasteiger partial charge in [0.05, 0.1) is 34.9 Å². The maximum atomic E-state index is 12.4. The second kappa shape index (κ2) is 4.91. The fourth-order valence-corrected chi connectivity index (χ4v) is 2.77. The van der Waals surface area contributed by atoms with E-state index in [0.29, 0.717) is 35.5 Å². The highest BCUT2D eigenvalue weighted by Gasteiger charge is 2.31. The van der Waals surface area contributed by atoms with Crippen molar-refractivity contribution in [1.82, 2.24) is 24.3 Å². The van der Waals surface area contributed by atoms with Gasteiger partial charge in [-0.15, -0.1) is 0 Å². The van der Waals surface area contributed by atoms with E-state index in [-0.39, 0.29) is 11.6 Å². The molecule has 0 amide bonds. The van der Waals surface area contributed by atoms with Crippen molar-refractivity contribution in [1.29, 1.82) is 5.26 Å². The quantitative estimate of drug-likeness (QED) is 0.683. The largest absolute Gasteiger partial charge is 0.338 e. The van der Waals surface area contributed by atoms with Crippen LogP contribution in [0.3, 0.4) is 0 Å². The monoisotopic (exact) mass is 307 g/mol. The number of aromatic nitrogens is 5. The average Bonchev–Trinajstić information content (AvgIpc) is 2.99. The van der Waals surface area contributed by atoms with Crippen LogP contribution in [0, 0.1) is 11.3 Å². The number of hydrogen-bond donors (Lipinski definition) is 0. The molecule has 3 aromatic rings. The van der Waals surface area contributed by atoms with Crippen LogP contribution in [0.1, 0.15) is 11.6 Å². The number of nitrogens with zero attached hydrogens (tertiary/aromatic N) is 7. The van der Waals surface area contributed by atoms with E-state index in [2.05, 4.69) is 21.1 Å². The summed E-state index contributed by atoms with van der Waals surface area (Å²) in [6, 6.07) is 3.93. The van der Waals surface area contributed by atoms with E-state index in [1.807, 2.05) is 4.90 Å². The van der Waals surface area contributed by atoms with E-state index in [0.717, 1.165) is 0 Å². The van der Waals surface area contributed by atoms with Crippen molar-refractivity contribution in [2.75, 3.05) is 18.0 Å². The average molecular weight is 307 g/mol. The molecule has 0 atom stereocenters. The zero-order valence-electron chi connectivity index (χ0n) is 12.4. The molecule has 1 aliphatic heterocycles. The van der Waals surface area contributed by atoms with Crippen LogP contribution >= 0.6 is 0 Å². The van der Waals surface area contributed by atoms with E-state index in [9.17, 15) is 4.79 Å². The highest BCUT2D eigenvalue weighted by Crippen LogP contribution is 2.26. The van der Waals surface area contributed by atoms with E-state index < -0.39 is 0 Å². The van der Waals surface area contributed by atoms with Crippen molar-refractivity contribution in [2.45, 2.75) is 6.04 Å². The summed E-state index contributed by atoms with van der Waals surface area (Å²) in [5, 5.41) is 13.6. The van der Waals surface area contributed by atoms with Crippen LogP contribution < -0.4 is 10.5 Å². The molecule has 4 rings (SSSR count). The molecule has 0 saturated carbocycles. The van der Waals surface area contributed by atoms with E-state index in [1.165, 1.54) is 0 Å². The van der Waals surface area contributed by atoms with Crippen LogP contribution in [0.5, 0.6) is 0 Å². The lowest BCUT2D eigenvalue weighted by Crippen LogP contribution is -2.50. The first-order valence-electron chi connectivity index (χ1n) is 7.17. The van der Waals surface area contributed by atoms with Crippen molar-refractivity contribution < 1.29 is 0 Å². The zero-order chi connectivity index (χ0) is 16.0. The molecule has 0 spiro atoms. The van der Waals surface area contributed by atoms with E-state index >= 15 is 0 Å². The third kappa shape index (κ3) is 2.05. The molecule has 1 saturated heterocycles. The van der Waals surface area contributed by atoms with Gasteiger partial charge >= 0.3 is 0 Å². The molecule has 0 N–H and O–H groups in total. The van der Waals surface area contributed by atoms with Crippen molar-refractivity contribution >= 4 is 16.9 Å². The van der Waals surface area contributed by atoms with Gasteiger partial charge in [-0.3, -0.25) is 19.0 Å². The highest BCUT2D eigenvalue weighted by molar-refractivity contribution is 5.77. The molecule has 4 heterocycles. The number of pyridine rings is 1.